The van der Waals surface area contributed by atoms with Gasteiger partial charge in [-0.25, -0.2) is 0 Å². The van der Waals surface area contributed by atoms with Crippen molar-refractivity contribution in [3.63, 3.8) is 0 Å². The van der Waals surface area contributed by atoms with E-state index in [4.69, 9.17) is 16.3 Å². The van der Waals surface area contributed by atoms with Crippen LogP contribution in [0.15, 0.2) is 42.5 Å². The van der Waals surface area contributed by atoms with Crippen LogP contribution in [0, 0.1) is 13.8 Å². The second kappa shape index (κ2) is 9.96. The quantitative estimate of drug-likeness (QED) is 0.763. The van der Waals surface area contributed by atoms with E-state index in [2.05, 4.69) is 10.2 Å². The van der Waals surface area contributed by atoms with Crippen molar-refractivity contribution >= 4 is 29.1 Å². The van der Waals surface area contributed by atoms with Gasteiger partial charge in [-0.15, -0.1) is 0 Å². The first-order valence-electron chi connectivity index (χ1n) is 10.1. The summed E-state index contributed by atoms with van der Waals surface area (Å²) in [6, 6.07) is 12.9. The molecule has 1 fully saturated rings. The molecule has 1 heterocycles. The molecule has 6 nitrogen and oxygen atoms in total. The number of rotatable bonds is 6. The number of nitrogens with one attached hydrogen (secondary N) is 1. The summed E-state index contributed by atoms with van der Waals surface area (Å²) in [6.45, 7) is 8.49. The molecule has 7 heteroatoms. The largest absolute Gasteiger partial charge is 0.481 e. The molecule has 1 aliphatic rings. The van der Waals surface area contributed by atoms with Crippen molar-refractivity contribution < 1.29 is 14.3 Å². The molecule has 0 aliphatic carbocycles. The zero-order valence-electron chi connectivity index (χ0n) is 17.7. The lowest BCUT2D eigenvalue weighted by Gasteiger charge is -2.35. The third kappa shape index (κ3) is 5.74. The number of para-hydroxylation sites is 1. The number of amides is 2. The van der Waals surface area contributed by atoms with Crippen LogP contribution in [0.2, 0.25) is 5.02 Å². The number of benzene rings is 2. The first-order chi connectivity index (χ1) is 14.3. The number of hydrogen-bond acceptors (Lipinski definition) is 4. The van der Waals surface area contributed by atoms with E-state index in [1.165, 1.54) is 0 Å². The standard InChI is InChI=1S/C23H28ClN3O3/c1-16-5-4-6-17(2)22(16)25-21(28)15-26-11-13-27(14-12-26)23(29)18(3)30-20-9-7-19(24)8-10-20/h4-10,18H,11-15H2,1-3H3,(H,25,28)/t18-/m1/s1. The van der Waals surface area contributed by atoms with Crippen molar-refractivity contribution in [2.75, 3.05) is 38.0 Å². The molecule has 1 N–H and O–H groups in total. The summed E-state index contributed by atoms with van der Waals surface area (Å²) in [5, 5.41) is 3.64. The fraction of sp³-hybridized carbons (Fsp3) is 0.391. The van der Waals surface area contributed by atoms with Crippen molar-refractivity contribution in [3.05, 3.63) is 58.6 Å². The third-order valence-electron chi connectivity index (χ3n) is 5.27. The third-order valence-corrected chi connectivity index (χ3v) is 5.52. The molecule has 30 heavy (non-hydrogen) atoms. The van der Waals surface area contributed by atoms with Crippen LogP contribution in [0.25, 0.3) is 0 Å². The molecule has 2 aromatic carbocycles. The van der Waals surface area contributed by atoms with Crippen molar-refractivity contribution in [1.29, 1.82) is 0 Å². The minimum Gasteiger partial charge on any atom is -0.481 e. The van der Waals surface area contributed by atoms with Crippen LogP contribution in [0.5, 0.6) is 5.75 Å². The van der Waals surface area contributed by atoms with Crippen molar-refractivity contribution in [3.8, 4) is 5.75 Å². The normalized spacial score (nSPS) is 15.5. The Labute approximate surface area is 182 Å². The topological polar surface area (TPSA) is 61.9 Å². The molecular weight excluding hydrogens is 402 g/mol. The highest BCUT2D eigenvalue weighted by molar-refractivity contribution is 6.30. The predicted molar refractivity (Wildman–Crippen MR) is 119 cm³/mol. The van der Waals surface area contributed by atoms with Crippen LogP contribution in [0.4, 0.5) is 5.69 Å². The van der Waals surface area contributed by atoms with E-state index < -0.39 is 6.10 Å². The first kappa shape index (κ1) is 22.1. The van der Waals surface area contributed by atoms with Gasteiger partial charge in [-0.05, 0) is 56.2 Å². The van der Waals surface area contributed by atoms with Gasteiger partial charge >= 0.3 is 0 Å². The van der Waals surface area contributed by atoms with E-state index in [1.807, 2.05) is 32.0 Å². The zero-order valence-corrected chi connectivity index (χ0v) is 18.4. The Morgan fingerprint density at radius 1 is 1.03 bits per heavy atom. The summed E-state index contributed by atoms with van der Waals surface area (Å²) < 4.78 is 5.74. The maximum Gasteiger partial charge on any atom is 0.263 e. The van der Waals surface area contributed by atoms with E-state index in [-0.39, 0.29) is 11.8 Å². The Hall–Kier alpha value is -2.57. The van der Waals surface area contributed by atoms with Gasteiger partial charge in [-0.3, -0.25) is 14.5 Å². The second-order valence-electron chi connectivity index (χ2n) is 7.63. The lowest BCUT2D eigenvalue weighted by Crippen LogP contribution is -2.53. The van der Waals surface area contributed by atoms with Crippen LogP contribution in [0.1, 0.15) is 18.1 Å². The smallest absolute Gasteiger partial charge is 0.263 e. The van der Waals surface area contributed by atoms with Gasteiger partial charge in [-0.1, -0.05) is 29.8 Å². The average molecular weight is 430 g/mol. The van der Waals surface area contributed by atoms with Crippen LogP contribution in [0.3, 0.4) is 0 Å². The van der Waals surface area contributed by atoms with Gasteiger partial charge in [0.1, 0.15) is 5.75 Å². The van der Waals surface area contributed by atoms with Crippen LogP contribution >= 0.6 is 11.6 Å². The summed E-state index contributed by atoms with van der Waals surface area (Å²) in [5.74, 6) is 0.526. The Bertz CT molecular complexity index is 873. The lowest BCUT2D eigenvalue weighted by atomic mass is 10.1. The fourth-order valence-electron chi connectivity index (χ4n) is 3.54. The number of carbonyl (C=O) groups excluding carboxylic acids is 2. The molecule has 2 aromatic rings. The Balaban J connectivity index is 1.46. The number of anilines is 1. The summed E-state index contributed by atoms with van der Waals surface area (Å²) in [6.07, 6.45) is -0.579. The molecule has 3 rings (SSSR count). The Morgan fingerprint density at radius 2 is 1.63 bits per heavy atom. The maximum atomic E-state index is 12.7. The first-order valence-corrected chi connectivity index (χ1v) is 10.5. The van der Waals surface area contributed by atoms with Gasteiger partial charge in [0.25, 0.3) is 5.91 Å². The van der Waals surface area contributed by atoms with E-state index in [9.17, 15) is 9.59 Å². The maximum absolute atomic E-state index is 12.7. The van der Waals surface area contributed by atoms with Crippen LogP contribution in [-0.4, -0.2) is 60.4 Å². The van der Waals surface area contributed by atoms with E-state index >= 15 is 0 Å². The fourth-order valence-corrected chi connectivity index (χ4v) is 3.67. The summed E-state index contributed by atoms with van der Waals surface area (Å²) in [5.41, 5.74) is 2.98. The zero-order chi connectivity index (χ0) is 21.7. The molecule has 0 radical (unpaired) electrons. The molecule has 0 unspecified atom stereocenters. The molecular formula is C23H28ClN3O3. The molecule has 0 saturated carbocycles. The van der Waals surface area contributed by atoms with Gasteiger partial charge in [-0.2, -0.15) is 0 Å². The van der Waals surface area contributed by atoms with E-state index in [0.29, 0.717) is 43.5 Å². The van der Waals surface area contributed by atoms with Gasteiger partial charge in [0.15, 0.2) is 6.10 Å². The highest BCUT2D eigenvalue weighted by atomic mass is 35.5. The number of carbonyl (C=O) groups is 2. The molecule has 1 atom stereocenters. The summed E-state index contributed by atoms with van der Waals surface area (Å²) >= 11 is 5.88. The number of nitrogens with zero attached hydrogens (tertiary/aromatic N) is 2. The number of halogens is 1. The highest BCUT2D eigenvalue weighted by Crippen LogP contribution is 2.20. The molecule has 0 bridgehead atoms. The second-order valence-corrected chi connectivity index (χ2v) is 8.07. The number of piperazine rings is 1. The van der Waals surface area contributed by atoms with Crippen molar-refractivity contribution in [2.24, 2.45) is 0 Å². The van der Waals surface area contributed by atoms with Crippen molar-refractivity contribution in [1.82, 2.24) is 9.80 Å². The van der Waals surface area contributed by atoms with Gasteiger partial charge < -0.3 is 15.0 Å². The summed E-state index contributed by atoms with van der Waals surface area (Å²) in [7, 11) is 0. The summed E-state index contributed by atoms with van der Waals surface area (Å²) in [4.78, 5) is 29.0. The highest BCUT2D eigenvalue weighted by Gasteiger charge is 2.27. The van der Waals surface area contributed by atoms with Crippen LogP contribution in [-0.2, 0) is 9.59 Å². The van der Waals surface area contributed by atoms with E-state index in [1.54, 1.807) is 36.1 Å². The number of ether oxygens (including phenoxy) is 1. The lowest BCUT2D eigenvalue weighted by molar-refractivity contribution is -0.139. The molecule has 0 spiro atoms. The molecule has 1 saturated heterocycles. The molecule has 2 amide bonds. The minimum atomic E-state index is -0.579. The predicted octanol–water partition coefficient (Wildman–Crippen LogP) is 3.51. The van der Waals surface area contributed by atoms with Crippen molar-refractivity contribution in [2.45, 2.75) is 26.9 Å². The molecule has 0 aromatic heterocycles. The SMILES string of the molecule is Cc1cccc(C)c1NC(=O)CN1CCN(C(=O)[C@@H](C)Oc2ccc(Cl)cc2)CC1. The van der Waals surface area contributed by atoms with Gasteiger partial charge in [0.2, 0.25) is 5.91 Å². The Morgan fingerprint density at radius 3 is 2.23 bits per heavy atom. The Kier molecular flexibility index (Phi) is 7.34. The van der Waals surface area contributed by atoms with Gasteiger partial charge in [0.05, 0.1) is 6.54 Å². The number of hydrogen-bond donors (Lipinski definition) is 1. The molecule has 160 valence electrons. The monoisotopic (exact) mass is 429 g/mol. The van der Waals surface area contributed by atoms with Crippen LogP contribution < -0.4 is 10.1 Å². The number of aryl methyl sites for hydroxylation is 2. The average Bonchev–Trinajstić information content (AvgIpc) is 2.72. The molecule has 1 aliphatic heterocycles. The van der Waals surface area contributed by atoms with Gasteiger partial charge in [0, 0.05) is 36.9 Å². The minimum absolute atomic E-state index is 0.0355. The van der Waals surface area contributed by atoms with E-state index in [0.717, 1.165) is 16.8 Å².